The first-order chi connectivity index (χ1) is 14.3. The van der Waals surface area contributed by atoms with Gasteiger partial charge in [0.1, 0.15) is 0 Å². The third-order valence-electron chi connectivity index (χ3n) is 4.50. The van der Waals surface area contributed by atoms with Gasteiger partial charge in [-0.1, -0.05) is 121 Å². The average Bonchev–Trinajstić information content (AvgIpc) is 2.80. The first kappa shape index (κ1) is 20.3. The minimum absolute atomic E-state index is 0.750. The summed E-state index contributed by atoms with van der Waals surface area (Å²) in [6.45, 7) is 0. The molecule has 3 heteroatoms. The van der Waals surface area contributed by atoms with Crippen LogP contribution in [-0.4, -0.2) is 17.7 Å². The van der Waals surface area contributed by atoms with Gasteiger partial charge in [0.05, 0.1) is 0 Å². The largest absolute Gasteiger partial charge is 0.432 e. The molecule has 0 aliphatic heterocycles. The molecule has 0 fully saturated rings. The molecule has 4 aromatic carbocycles. The Morgan fingerprint density at radius 3 is 0.724 bits per heavy atom. The fraction of sp³-hybridized carbons (Fsp3) is 0. The van der Waals surface area contributed by atoms with E-state index in [4.69, 9.17) is 10.0 Å². The summed E-state index contributed by atoms with van der Waals surface area (Å²) in [4.78, 5) is 0. The van der Waals surface area contributed by atoms with Crippen LogP contribution >= 0.6 is 0 Å². The van der Waals surface area contributed by atoms with Crippen LogP contribution in [0.15, 0.2) is 121 Å². The highest BCUT2D eigenvalue weighted by Gasteiger charge is 2.15. The molecule has 0 heterocycles. The molecule has 2 nitrogen and oxygen atoms in total. The second kappa shape index (κ2) is 10.8. The lowest BCUT2D eigenvalue weighted by molar-refractivity contribution is 0.448. The summed E-state index contributed by atoms with van der Waals surface area (Å²) in [6, 6.07) is 42.6. The van der Waals surface area contributed by atoms with Crippen molar-refractivity contribution in [3.8, 4) is 0 Å². The van der Waals surface area contributed by atoms with Crippen molar-refractivity contribution in [1.82, 2.24) is 0 Å². The fourth-order valence-corrected chi connectivity index (χ4v) is 3.33. The van der Waals surface area contributed by atoms with E-state index in [0.29, 0.717) is 0 Å². The predicted octanol–water partition coefficient (Wildman–Crippen LogP) is 4.93. The minimum atomic E-state index is -0.750. The zero-order valence-electron chi connectivity index (χ0n) is 16.1. The third kappa shape index (κ3) is 5.32. The Bertz CT molecular complexity index is 847. The molecule has 0 saturated carbocycles. The van der Waals surface area contributed by atoms with Gasteiger partial charge in [0.2, 0.25) is 0 Å². The van der Waals surface area contributed by atoms with Crippen LogP contribution in [-0.2, 0) is 0 Å². The predicted molar refractivity (Wildman–Crippen MR) is 122 cm³/mol. The molecule has 0 radical (unpaired) electrons. The molecule has 0 atom stereocenters. The summed E-state index contributed by atoms with van der Waals surface area (Å²) < 4.78 is 0. The van der Waals surface area contributed by atoms with E-state index >= 15 is 0 Å². The van der Waals surface area contributed by atoms with Crippen molar-refractivity contribution in [3.05, 3.63) is 144 Å². The fourth-order valence-electron chi connectivity index (χ4n) is 3.33. The highest BCUT2D eigenvalue weighted by Crippen LogP contribution is 2.36. The van der Waals surface area contributed by atoms with Gasteiger partial charge in [-0.15, -0.1) is 0 Å². The van der Waals surface area contributed by atoms with Gasteiger partial charge in [0.15, 0.2) is 0 Å². The molecule has 4 aromatic rings. The van der Waals surface area contributed by atoms with Gasteiger partial charge in [-0.3, -0.25) is 0 Å². The zero-order valence-corrected chi connectivity index (χ0v) is 16.1. The topological polar surface area (TPSA) is 40.5 Å². The van der Waals surface area contributed by atoms with Gasteiger partial charge in [-0.05, 0) is 33.4 Å². The first-order valence-corrected chi connectivity index (χ1v) is 9.53. The molecule has 142 valence electrons. The van der Waals surface area contributed by atoms with E-state index < -0.39 is 7.69 Å². The Morgan fingerprint density at radius 2 is 0.552 bits per heavy atom. The minimum Gasteiger partial charge on any atom is -0.430 e. The number of hydrogen-bond donors (Lipinski definition) is 2. The van der Waals surface area contributed by atoms with Crippen molar-refractivity contribution in [1.29, 1.82) is 0 Å². The van der Waals surface area contributed by atoms with E-state index in [1.54, 1.807) is 0 Å². The normalized spacial score (nSPS) is 9.72. The average molecular weight is 378 g/mol. The Morgan fingerprint density at radius 1 is 0.379 bits per heavy atom. The van der Waals surface area contributed by atoms with Crippen LogP contribution in [0.2, 0.25) is 0 Å². The lowest BCUT2D eigenvalue weighted by Gasteiger charge is -2.18. The molecule has 0 aromatic heterocycles. The Balaban J connectivity index is 0.000000755. The van der Waals surface area contributed by atoms with Crippen LogP contribution in [0.3, 0.4) is 0 Å². The summed E-state index contributed by atoms with van der Waals surface area (Å²) >= 11 is 0. The van der Waals surface area contributed by atoms with Crippen molar-refractivity contribution in [2.45, 2.75) is 0 Å². The van der Waals surface area contributed by atoms with Gasteiger partial charge in [0, 0.05) is 0 Å². The smallest absolute Gasteiger partial charge is 0.430 e. The van der Waals surface area contributed by atoms with Crippen LogP contribution in [0.4, 0.5) is 0 Å². The van der Waals surface area contributed by atoms with E-state index in [0.717, 1.165) is 0 Å². The first-order valence-electron chi connectivity index (χ1n) is 9.53. The highest BCUT2D eigenvalue weighted by molar-refractivity contribution is 6.13. The molecular formula is C26H23BO2. The summed E-state index contributed by atoms with van der Waals surface area (Å²) in [6.07, 6.45) is 0. The highest BCUT2D eigenvalue weighted by atomic mass is 16.4. The van der Waals surface area contributed by atoms with Crippen LogP contribution in [0.1, 0.15) is 22.3 Å². The third-order valence-corrected chi connectivity index (χ3v) is 4.50. The zero-order chi connectivity index (χ0) is 20.3. The second-order valence-electron chi connectivity index (χ2n) is 6.36. The molecule has 0 amide bonds. The van der Waals surface area contributed by atoms with Crippen molar-refractivity contribution in [3.63, 3.8) is 0 Å². The van der Waals surface area contributed by atoms with Crippen LogP contribution in [0.25, 0.3) is 11.1 Å². The number of benzene rings is 4. The summed E-state index contributed by atoms with van der Waals surface area (Å²) in [7, 11) is -0.750. The van der Waals surface area contributed by atoms with Crippen molar-refractivity contribution >= 4 is 18.8 Å². The molecule has 0 unspecified atom stereocenters. The number of hydrogen-bond acceptors (Lipinski definition) is 2. The van der Waals surface area contributed by atoms with E-state index in [9.17, 15) is 0 Å². The summed E-state index contributed by atoms with van der Waals surface area (Å²) in [5, 5.41) is 14.2. The summed E-state index contributed by atoms with van der Waals surface area (Å²) in [5.74, 6) is 0. The Kier molecular flexibility index (Phi) is 7.59. The standard InChI is InChI=1S/C26H20.BH3O2/c1-5-13-21(14-6-1)25(22-15-7-2-8-16-22)26(23-17-9-3-10-18-23)24-19-11-4-12-20-24;2-1-3/h1-20H;1-3H. The van der Waals surface area contributed by atoms with Gasteiger partial charge < -0.3 is 10.0 Å². The van der Waals surface area contributed by atoms with E-state index in [-0.39, 0.29) is 0 Å². The lowest BCUT2D eigenvalue weighted by atomic mass is 9.86. The SMILES string of the molecule is OBO.c1ccc(C(=C(c2ccccc2)c2ccccc2)c2ccccc2)cc1. The lowest BCUT2D eigenvalue weighted by Crippen LogP contribution is -1.97. The van der Waals surface area contributed by atoms with Crippen molar-refractivity contribution in [2.75, 3.05) is 0 Å². The van der Waals surface area contributed by atoms with Gasteiger partial charge in [-0.25, -0.2) is 0 Å². The van der Waals surface area contributed by atoms with Gasteiger partial charge in [0.25, 0.3) is 0 Å². The maximum absolute atomic E-state index is 7.12. The maximum Gasteiger partial charge on any atom is 0.432 e. The second-order valence-corrected chi connectivity index (χ2v) is 6.36. The van der Waals surface area contributed by atoms with Gasteiger partial charge in [-0.2, -0.15) is 0 Å². The molecule has 0 bridgehead atoms. The van der Waals surface area contributed by atoms with Crippen molar-refractivity contribution < 1.29 is 10.0 Å². The molecule has 29 heavy (non-hydrogen) atoms. The van der Waals surface area contributed by atoms with Crippen LogP contribution in [0.5, 0.6) is 0 Å². The monoisotopic (exact) mass is 378 g/mol. The molecule has 2 N–H and O–H groups in total. The van der Waals surface area contributed by atoms with Crippen molar-refractivity contribution in [2.24, 2.45) is 0 Å². The number of rotatable bonds is 4. The van der Waals surface area contributed by atoms with E-state index in [1.165, 1.54) is 33.4 Å². The Hall–Kier alpha value is -3.40. The molecular weight excluding hydrogens is 355 g/mol. The molecule has 0 aliphatic rings. The summed E-state index contributed by atoms with van der Waals surface area (Å²) in [5.41, 5.74) is 7.40. The Labute approximate surface area is 172 Å². The van der Waals surface area contributed by atoms with Crippen LogP contribution < -0.4 is 0 Å². The van der Waals surface area contributed by atoms with Gasteiger partial charge >= 0.3 is 7.69 Å². The molecule has 0 saturated heterocycles. The van der Waals surface area contributed by atoms with E-state index in [2.05, 4.69) is 121 Å². The quantitative estimate of drug-likeness (QED) is 0.390. The maximum atomic E-state index is 7.12. The van der Waals surface area contributed by atoms with E-state index in [1.807, 2.05) is 0 Å². The molecule has 0 spiro atoms. The van der Waals surface area contributed by atoms with Crippen LogP contribution in [0, 0.1) is 0 Å². The molecule has 4 rings (SSSR count). The molecule has 0 aliphatic carbocycles.